The van der Waals surface area contributed by atoms with Crippen molar-refractivity contribution in [2.75, 3.05) is 0 Å². The zero-order valence-electron chi connectivity index (χ0n) is 12.8. The van der Waals surface area contributed by atoms with E-state index in [-0.39, 0.29) is 5.75 Å². The lowest BCUT2D eigenvalue weighted by molar-refractivity contribution is 0.477. The minimum Gasteiger partial charge on any atom is -0.507 e. The molecule has 0 spiro atoms. The van der Waals surface area contributed by atoms with Crippen LogP contribution in [-0.4, -0.2) is 15.1 Å². The number of phenolic OH excluding ortho intramolecular Hbond substituents is 1. The number of aromatic hydroxyl groups is 1. The fourth-order valence-corrected chi connectivity index (χ4v) is 2.55. The van der Waals surface area contributed by atoms with Crippen LogP contribution in [0, 0.1) is 4.91 Å². The number of H-pyrrole nitrogens is 1. The van der Waals surface area contributed by atoms with Gasteiger partial charge in [0.2, 0.25) is 0 Å². The molecule has 0 saturated carbocycles. The number of aromatic nitrogens is 2. The number of allylic oxidation sites excluding steroid dienone is 4. The van der Waals surface area contributed by atoms with Crippen molar-refractivity contribution in [3.05, 3.63) is 84.2 Å². The number of rotatable bonds is 5. The summed E-state index contributed by atoms with van der Waals surface area (Å²) >= 11 is 0. The number of hydrogen-bond acceptors (Lipinski definition) is 4. The average Bonchev–Trinajstić information content (AvgIpc) is 3.02. The lowest BCUT2D eigenvalue weighted by Gasteiger charge is -2.05. The number of nitroso groups, excluding NO2 is 1. The molecule has 0 unspecified atom stereocenters. The Morgan fingerprint density at radius 2 is 2.12 bits per heavy atom. The minimum absolute atomic E-state index is 0.211. The van der Waals surface area contributed by atoms with Crippen molar-refractivity contribution in [2.24, 2.45) is 5.18 Å². The van der Waals surface area contributed by atoms with Gasteiger partial charge in [0.05, 0.1) is 6.20 Å². The topological polar surface area (TPSA) is 78.3 Å². The maximum atomic E-state index is 10.2. The van der Waals surface area contributed by atoms with Gasteiger partial charge in [-0.15, -0.1) is 4.91 Å². The van der Waals surface area contributed by atoms with Gasteiger partial charge in [0, 0.05) is 34.5 Å². The van der Waals surface area contributed by atoms with Crippen molar-refractivity contribution in [1.29, 1.82) is 0 Å². The summed E-state index contributed by atoms with van der Waals surface area (Å²) in [6, 6.07) is 9.13. The summed E-state index contributed by atoms with van der Waals surface area (Å²) < 4.78 is 0. The van der Waals surface area contributed by atoms with E-state index < -0.39 is 0 Å². The van der Waals surface area contributed by atoms with E-state index in [4.69, 9.17) is 0 Å². The zero-order valence-corrected chi connectivity index (χ0v) is 12.8. The summed E-state index contributed by atoms with van der Waals surface area (Å²) in [6.45, 7) is 3.79. The van der Waals surface area contributed by atoms with Crippen molar-refractivity contribution >= 4 is 16.6 Å². The Labute approximate surface area is 138 Å². The summed E-state index contributed by atoms with van der Waals surface area (Å²) in [5.74, 6) is 0.211. The molecule has 0 fully saturated rings. The lowest BCUT2D eigenvalue weighted by Crippen LogP contribution is -1.85. The van der Waals surface area contributed by atoms with Gasteiger partial charge in [-0.3, -0.25) is 0 Å². The Kier molecular flexibility index (Phi) is 4.34. The molecule has 5 nitrogen and oxygen atoms in total. The second kappa shape index (κ2) is 6.75. The molecule has 0 radical (unpaired) electrons. The predicted molar refractivity (Wildman–Crippen MR) is 96.3 cm³/mol. The highest BCUT2D eigenvalue weighted by Crippen LogP contribution is 2.34. The summed E-state index contributed by atoms with van der Waals surface area (Å²) in [5.41, 5.74) is 3.99. The largest absolute Gasteiger partial charge is 0.507 e. The van der Waals surface area contributed by atoms with E-state index in [1.807, 2.05) is 24.4 Å². The zero-order chi connectivity index (χ0) is 16.9. The third kappa shape index (κ3) is 2.87. The Bertz CT molecular complexity index is 968. The average molecular weight is 317 g/mol. The molecule has 1 aromatic carbocycles. The molecule has 0 aliphatic carbocycles. The lowest BCUT2D eigenvalue weighted by atomic mass is 10.0. The van der Waals surface area contributed by atoms with Gasteiger partial charge in [-0.05, 0) is 29.0 Å². The molecular formula is C19H15N3O2. The van der Waals surface area contributed by atoms with Crippen LogP contribution in [0.15, 0.2) is 78.9 Å². The number of nitrogens with one attached hydrogen (secondary N) is 1. The van der Waals surface area contributed by atoms with Crippen LogP contribution in [0.25, 0.3) is 27.7 Å². The molecule has 3 aromatic rings. The van der Waals surface area contributed by atoms with Crippen LogP contribution in [0.4, 0.5) is 0 Å². The number of phenols is 1. The monoisotopic (exact) mass is 317 g/mol. The summed E-state index contributed by atoms with van der Waals surface area (Å²) in [6.07, 6.45) is 9.69. The van der Waals surface area contributed by atoms with Gasteiger partial charge >= 0.3 is 0 Å². The van der Waals surface area contributed by atoms with E-state index >= 15 is 0 Å². The third-order valence-corrected chi connectivity index (χ3v) is 3.70. The quantitative estimate of drug-likeness (QED) is 0.525. The standard InChI is InChI=1S/C19H15N3O2/c1-2-13(6-5-9-22-24)14-10-16-17(12-21-19(16)20-11-14)15-7-3-4-8-18(15)23/h2-12,23H,1H2,(H,20,21)/b9-5-,13-6+. The van der Waals surface area contributed by atoms with Gasteiger partial charge < -0.3 is 10.1 Å². The third-order valence-electron chi connectivity index (χ3n) is 3.70. The van der Waals surface area contributed by atoms with Gasteiger partial charge in [-0.25, -0.2) is 4.98 Å². The van der Waals surface area contributed by atoms with Crippen LogP contribution in [0.3, 0.4) is 0 Å². The van der Waals surface area contributed by atoms with Crippen LogP contribution in [-0.2, 0) is 0 Å². The van der Waals surface area contributed by atoms with Gasteiger partial charge in [-0.2, -0.15) is 0 Å². The van der Waals surface area contributed by atoms with E-state index in [1.54, 1.807) is 36.6 Å². The molecule has 0 atom stereocenters. The van der Waals surface area contributed by atoms with Crippen LogP contribution in [0.5, 0.6) is 5.75 Å². The molecule has 0 amide bonds. The summed E-state index contributed by atoms with van der Waals surface area (Å²) in [4.78, 5) is 17.7. The van der Waals surface area contributed by atoms with E-state index in [9.17, 15) is 10.0 Å². The van der Waals surface area contributed by atoms with Crippen molar-refractivity contribution in [3.63, 3.8) is 0 Å². The molecule has 5 heteroatoms. The smallest absolute Gasteiger partial charge is 0.137 e. The molecule has 0 aliphatic rings. The van der Waals surface area contributed by atoms with Gasteiger partial charge in [-0.1, -0.05) is 36.9 Å². The maximum Gasteiger partial charge on any atom is 0.137 e. The maximum absolute atomic E-state index is 10.2. The Hall–Kier alpha value is -3.47. The Balaban J connectivity index is 2.14. The van der Waals surface area contributed by atoms with Gasteiger partial charge in [0.25, 0.3) is 0 Å². The molecule has 0 aliphatic heterocycles. The SMILES string of the molecule is C=C/C(=C\C=C/N=O)c1cnc2[nH]cc(-c3ccccc3O)c2c1. The number of pyridine rings is 1. The van der Waals surface area contributed by atoms with Crippen LogP contribution < -0.4 is 0 Å². The van der Waals surface area contributed by atoms with Crippen LogP contribution >= 0.6 is 0 Å². The van der Waals surface area contributed by atoms with E-state index in [2.05, 4.69) is 21.7 Å². The van der Waals surface area contributed by atoms with Crippen molar-refractivity contribution in [2.45, 2.75) is 0 Å². The molecule has 2 heterocycles. The van der Waals surface area contributed by atoms with Crippen molar-refractivity contribution < 1.29 is 5.11 Å². The highest BCUT2D eigenvalue weighted by atomic mass is 16.3. The molecule has 2 N–H and O–H groups in total. The predicted octanol–water partition coefficient (Wildman–Crippen LogP) is 4.79. The fourth-order valence-electron chi connectivity index (χ4n) is 2.55. The van der Waals surface area contributed by atoms with Crippen LogP contribution in [0.2, 0.25) is 0 Å². The first-order chi connectivity index (χ1) is 11.7. The molecule has 118 valence electrons. The Morgan fingerprint density at radius 3 is 2.88 bits per heavy atom. The first-order valence-corrected chi connectivity index (χ1v) is 7.32. The van der Waals surface area contributed by atoms with Crippen molar-refractivity contribution in [3.8, 4) is 16.9 Å². The van der Waals surface area contributed by atoms with E-state index in [0.717, 1.165) is 33.3 Å². The summed E-state index contributed by atoms with van der Waals surface area (Å²) in [7, 11) is 0. The molecule has 2 aromatic heterocycles. The molecule has 3 rings (SSSR count). The number of fused-ring (bicyclic) bond motifs is 1. The number of benzene rings is 1. The van der Waals surface area contributed by atoms with Crippen molar-refractivity contribution in [1.82, 2.24) is 9.97 Å². The van der Waals surface area contributed by atoms with E-state index in [0.29, 0.717) is 0 Å². The normalized spacial score (nSPS) is 11.9. The minimum atomic E-state index is 0.211. The number of aromatic amines is 1. The number of hydrogen-bond donors (Lipinski definition) is 2. The first-order valence-electron chi connectivity index (χ1n) is 7.32. The molecule has 0 saturated heterocycles. The molecular weight excluding hydrogens is 302 g/mol. The summed E-state index contributed by atoms with van der Waals surface area (Å²) in [5, 5.41) is 13.7. The number of para-hydroxylation sites is 1. The second-order valence-electron chi connectivity index (χ2n) is 5.11. The number of nitrogens with zero attached hydrogens (tertiary/aromatic N) is 2. The highest BCUT2D eigenvalue weighted by Gasteiger charge is 2.11. The van der Waals surface area contributed by atoms with Gasteiger partial charge in [0.1, 0.15) is 11.4 Å². The molecule has 0 bridgehead atoms. The molecule has 24 heavy (non-hydrogen) atoms. The second-order valence-corrected chi connectivity index (χ2v) is 5.11. The first kappa shape index (κ1) is 15.4. The Morgan fingerprint density at radius 1 is 1.29 bits per heavy atom. The van der Waals surface area contributed by atoms with Gasteiger partial charge in [0.15, 0.2) is 0 Å². The fraction of sp³-hybridized carbons (Fsp3) is 0. The van der Waals surface area contributed by atoms with Crippen LogP contribution in [0.1, 0.15) is 5.56 Å². The van der Waals surface area contributed by atoms with E-state index in [1.165, 1.54) is 6.20 Å². The highest BCUT2D eigenvalue weighted by molar-refractivity contribution is 5.97.